The van der Waals surface area contributed by atoms with E-state index in [1.54, 1.807) is 0 Å². The van der Waals surface area contributed by atoms with Crippen LogP contribution in [0.5, 0.6) is 0 Å². The first-order valence-corrected chi connectivity index (χ1v) is 17.9. The van der Waals surface area contributed by atoms with Crippen LogP contribution in [0.1, 0.15) is 39.5 Å². The van der Waals surface area contributed by atoms with Gasteiger partial charge in [-0.2, -0.15) is 0 Å². The minimum absolute atomic E-state index is 0. The monoisotopic (exact) mass is 962 g/mol. The maximum Gasteiger partial charge on any atom is 3.00 e. The van der Waals surface area contributed by atoms with Gasteiger partial charge in [-0.1, -0.05) is 18.2 Å². The predicted octanol–water partition coefficient (Wildman–Crippen LogP) is -1.03. The third kappa shape index (κ3) is 8.41. The topological polar surface area (TPSA) is 59.5 Å². The molecule has 0 unspecified atom stereocenters. The summed E-state index contributed by atoms with van der Waals surface area (Å²) in [7, 11) is 8.59. The maximum absolute atomic E-state index is 5.39. The number of halogens is 3. The van der Waals surface area contributed by atoms with E-state index in [0.717, 1.165) is 76.6 Å². The van der Waals surface area contributed by atoms with Gasteiger partial charge in [-0.15, -0.1) is 0 Å². The Balaban J connectivity index is 0.00000150. The van der Waals surface area contributed by atoms with E-state index in [0.29, 0.717) is 0 Å². The second-order valence-electron chi connectivity index (χ2n) is 14.3. The van der Waals surface area contributed by atoms with E-state index in [2.05, 4.69) is 185 Å². The van der Waals surface area contributed by atoms with E-state index >= 15 is 0 Å². The smallest absolute Gasteiger partial charge is 1.00 e. The van der Waals surface area contributed by atoms with Gasteiger partial charge in [0.25, 0.3) is 0 Å². The fourth-order valence-corrected chi connectivity index (χ4v) is 7.88. The minimum Gasteiger partial charge on any atom is -1.00 e. The molecule has 6 aliphatic rings. The molecule has 0 radical (unpaired) electrons. The summed E-state index contributed by atoms with van der Waals surface area (Å²) in [6.07, 6.45) is 35.0. The minimum atomic E-state index is 0. The Morgan fingerprint density at radius 3 is 1.54 bits per heavy atom. The number of fused-ring (bicyclic) bond motifs is 8. The molecule has 3 aromatic rings. The number of rotatable bonds is 4. The van der Waals surface area contributed by atoms with Gasteiger partial charge in [0, 0.05) is 81.2 Å². The maximum atomic E-state index is 5.39. The summed E-state index contributed by atoms with van der Waals surface area (Å²) in [4.78, 5) is 23.1. The van der Waals surface area contributed by atoms with E-state index in [9.17, 15) is 0 Å². The zero-order valence-corrected chi connectivity index (χ0v) is 35.4. The third-order valence-electron chi connectivity index (χ3n) is 10.1. The van der Waals surface area contributed by atoms with Gasteiger partial charge >= 0.3 is 36.9 Å². The molecular weight excluding hydrogens is 922 g/mol. The van der Waals surface area contributed by atoms with Crippen molar-refractivity contribution < 1.29 is 74.1 Å². The van der Waals surface area contributed by atoms with Crippen LogP contribution >= 0.6 is 0 Å². The van der Waals surface area contributed by atoms with Crippen molar-refractivity contribution in [2.24, 2.45) is 0 Å². The van der Waals surface area contributed by atoms with E-state index in [1.165, 1.54) is 33.5 Å². The SMILES string of the molecule is CN1C=CC=C(c2c(C3=CC=CN(C)C3)c3c(C4=CC=CN(C)C4)c4nc(cc5ccc(cc6nc(cc2n3C2=CC=CN(C)C2)C=C6)[nH]5)C=C4)C1.[Cl-].[Cl-].[Cl-].[Lu+3]. The van der Waals surface area contributed by atoms with Gasteiger partial charge < -0.3 is 66.4 Å². The molecule has 0 amide bonds. The number of hydrogen-bond donors (Lipinski definition) is 1. The van der Waals surface area contributed by atoms with Gasteiger partial charge in [0.1, 0.15) is 0 Å². The fraction of sp³-hybridized carbons (Fsp3) is 0.182. The Morgan fingerprint density at radius 1 is 0.518 bits per heavy atom. The summed E-state index contributed by atoms with van der Waals surface area (Å²) in [5.74, 6) is 0. The largest absolute Gasteiger partial charge is 3.00 e. The fourth-order valence-electron chi connectivity index (χ4n) is 7.88. The van der Waals surface area contributed by atoms with Gasteiger partial charge in [-0.3, -0.25) is 0 Å². The summed E-state index contributed by atoms with van der Waals surface area (Å²) < 4.78 is 2.52. The van der Waals surface area contributed by atoms with Crippen molar-refractivity contribution in [2.75, 3.05) is 54.4 Å². The van der Waals surface area contributed by atoms with Gasteiger partial charge in [-0.05, 0) is 127 Å². The first kappa shape index (κ1) is 43.0. The van der Waals surface area contributed by atoms with Crippen molar-refractivity contribution in [3.05, 3.63) is 143 Å². The molecule has 8 nitrogen and oxygen atoms in total. The first-order valence-electron chi connectivity index (χ1n) is 17.9. The molecule has 1 N–H and O–H groups in total. The first-order chi connectivity index (χ1) is 25.4. The number of aromatic amines is 1. The molecule has 3 aromatic heterocycles. The molecule has 0 saturated carbocycles. The normalized spacial score (nSPS) is 16.6. The molecule has 9 heterocycles. The van der Waals surface area contributed by atoms with Crippen LogP contribution in [-0.2, 0) is 0 Å². The van der Waals surface area contributed by atoms with Crippen LogP contribution in [0.15, 0.2) is 104 Å². The van der Waals surface area contributed by atoms with Crippen molar-refractivity contribution in [3.63, 3.8) is 0 Å². The standard InChI is InChI=1S/C44H42N8.3ClH.Lu/c1-48-19-5-9-30(26-48)41-39-18-17-36(47-39)24-35-14-13-33(45-35)23-34-15-16-37(46-34)25-40-42(31-10-6-20-49(2)27-31)43(32-11-7-21-50(3)28-32)44(41)52(40)38-12-8-22-51(4)29-38;;;;/h5-25,45H,26-29H2,1-4H3;3*1H;/q;;;;+3/p-3. The molecule has 294 valence electrons. The van der Waals surface area contributed by atoms with E-state index in [-0.39, 0.29) is 74.1 Å². The van der Waals surface area contributed by atoms with Crippen LogP contribution in [0, 0.1) is 36.9 Å². The summed E-state index contributed by atoms with van der Waals surface area (Å²) >= 11 is 0. The zero-order valence-electron chi connectivity index (χ0n) is 31.5. The molecule has 0 fully saturated rings. The molecule has 0 saturated heterocycles. The summed E-state index contributed by atoms with van der Waals surface area (Å²) in [5, 5.41) is 0. The van der Waals surface area contributed by atoms with Crippen LogP contribution in [0.2, 0.25) is 0 Å². The van der Waals surface area contributed by atoms with Crippen molar-refractivity contribution in [2.45, 2.75) is 0 Å². The molecular formula is C44H42Cl3LuN8. The number of nitrogens with zero attached hydrogens (tertiary/aromatic N) is 7. The Bertz CT molecular complexity index is 2510. The zero-order chi connectivity index (χ0) is 35.3. The number of likely N-dealkylation sites (N-methyl/N-ethyl adjacent to an activating group) is 4. The Kier molecular flexibility index (Phi) is 13.8. The van der Waals surface area contributed by atoms with E-state index in [1.807, 2.05) is 0 Å². The third-order valence-corrected chi connectivity index (χ3v) is 10.1. The average molecular weight is 964 g/mol. The molecule has 0 aromatic carbocycles. The molecule has 6 aliphatic heterocycles. The summed E-state index contributed by atoms with van der Waals surface area (Å²) in [6.45, 7) is 3.06. The van der Waals surface area contributed by atoms with Crippen LogP contribution in [-0.4, -0.2) is 93.5 Å². The van der Waals surface area contributed by atoms with Crippen LogP contribution in [0.3, 0.4) is 0 Å². The number of hydrogen-bond acceptors (Lipinski definition) is 6. The van der Waals surface area contributed by atoms with Crippen LogP contribution in [0.4, 0.5) is 0 Å². The predicted molar refractivity (Wildman–Crippen MR) is 218 cm³/mol. The van der Waals surface area contributed by atoms with E-state index in [4.69, 9.17) is 9.97 Å². The van der Waals surface area contributed by atoms with E-state index < -0.39 is 0 Å². The van der Waals surface area contributed by atoms with Crippen molar-refractivity contribution in [1.82, 2.24) is 39.1 Å². The molecule has 12 heteroatoms. The van der Waals surface area contributed by atoms with Crippen LogP contribution in [0.25, 0.3) is 68.8 Å². The number of allylic oxidation sites excluding steroid dienone is 8. The molecule has 0 atom stereocenters. The number of nitrogens with one attached hydrogen (secondary N) is 1. The van der Waals surface area contributed by atoms with Crippen molar-refractivity contribution in [1.29, 1.82) is 0 Å². The molecule has 0 spiro atoms. The molecule has 9 rings (SSSR count). The Morgan fingerprint density at radius 2 is 0.982 bits per heavy atom. The average Bonchev–Trinajstić information content (AvgIpc) is 3.93. The molecule has 0 aliphatic carbocycles. The molecule has 8 bridgehead atoms. The molecule has 56 heavy (non-hydrogen) atoms. The Hall–Kier alpha value is -4.18. The number of H-pyrrole nitrogens is 1. The summed E-state index contributed by atoms with van der Waals surface area (Å²) in [6, 6.07) is 10.7. The van der Waals surface area contributed by atoms with Crippen molar-refractivity contribution in [3.8, 4) is 0 Å². The van der Waals surface area contributed by atoms with Crippen LogP contribution < -0.4 is 37.2 Å². The van der Waals surface area contributed by atoms with Gasteiger partial charge in [-0.25, -0.2) is 9.97 Å². The van der Waals surface area contributed by atoms with Crippen molar-refractivity contribution >= 4 is 68.8 Å². The van der Waals surface area contributed by atoms with Gasteiger partial charge in [0.05, 0.1) is 40.4 Å². The number of aromatic nitrogens is 4. The second-order valence-corrected chi connectivity index (χ2v) is 14.3. The second kappa shape index (κ2) is 18.0. The Labute approximate surface area is 376 Å². The van der Waals surface area contributed by atoms with Gasteiger partial charge in [0.2, 0.25) is 0 Å². The van der Waals surface area contributed by atoms with Gasteiger partial charge in [0.15, 0.2) is 0 Å². The summed E-state index contributed by atoms with van der Waals surface area (Å²) in [5.41, 5.74) is 16.5. The quantitative estimate of drug-likeness (QED) is 0.249.